The van der Waals surface area contributed by atoms with Gasteiger partial charge >= 0.3 is 6.09 Å². The second kappa shape index (κ2) is 11.1. The molecule has 0 spiro atoms. The van der Waals surface area contributed by atoms with Gasteiger partial charge in [-0.25, -0.2) is 22.0 Å². The maximum Gasteiger partial charge on any atom is 0.407 e. The molecular weight excluding hydrogens is 522 g/mol. The Morgan fingerprint density at radius 3 is 2.22 bits per heavy atom. The minimum atomic E-state index is -4.29. The van der Waals surface area contributed by atoms with Gasteiger partial charge in [-0.2, -0.15) is 0 Å². The fourth-order valence-corrected chi connectivity index (χ4v) is 5.75. The Morgan fingerprint density at radius 1 is 0.919 bits per heavy atom. The lowest BCUT2D eigenvalue weighted by Crippen LogP contribution is -2.28. The van der Waals surface area contributed by atoms with E-state index in [0.29, 0.717) is 10.6 Å². The highest BCUT2D eigenvalue weighted by Gasteiger charge is 2.34. The average Bonchev–Trinajstić information content (AvgIpc) is 2.87. The maximum absolute atomic E-state index is 14.8. The van der Waals surface area contributed by atoms with E-state index in [1.165, 1.54) is 47.5 Å². The van der Waals surface area contributed by atoms with Crippen LogP contribution in [0.1, 0.15) is 27.6 Å². The fourth-order valence-electron chi connectivity index (χ4n) is 3.86. The number of carbonyl (C=O) groups is 1. The highest BCUT2D eigenvalue weighted by Crippen LogP contribution is 2.36. The molecule has 0 aliphatic heterocycles. The van der Waals surface area contributed by atoms with Gasteiger partial charge in [0.15, 0.2) is 9.84 Å². The maximum atomic E-state index is 14.8. The smallest absolute Gasteiger partial charge is 0.407 e. The van der Waals surface area contributed by atoms with Crippen molar-refractivity contribution in [2.75, 3.05) is 0 Å². The summed E-state index contributed by atoms with van der Waals surface area (Å²) in [6.45, 7) is 0.125. The van der Waals surface area contributed by atoms with Gasteiger partial charge in [0.25, 0.3) is 0 Å². The Morgan fingerprint density at radius 2 is 1.59 bits per heavy atom. The summed E-state index contributed by atoms with van der Waals surface area (Å²) < 4.78 is 56.1. The Labute approximate surface area is 217 Å². The van der Waals surface area contributed by atoms with E-state index in [1.54, 1.807) is 24.3 Å². The van der Waals surface area contributed by atoms with Gasteiger partial charge in [0.05, 0.1) is 17.1 Å². The summed E-state index contributed by atoms with van der Waals surface area (Å²) >= 11 is 5.89. The van der Waals surface area contributed by atoms with Crippen LogP contribution in [0.25, 0.3) is 0 Å². The number of hydrogen-bond acceptors (Lipinski definition) is 4. The van der Waals surface area contributed by atoms with Crippen molar-refractivity contribution in [3.63, 3.8) is 0 Å². The molecule has 1 amide bonds. The molecule has 1 N–H and O–H groups in total. The number of sulfone groups is 1. The highest BCUT2D eigenvalue weighted by molar-refractivity contribution is 7.91. The van der Waals surface area contributed by atoms with Crippen molar-refractivity contribution < 1.29 is 27.1 Å². The second-order valence-electron chi connectivity index (χ2n) is 8.26. The van der Waals surface area contributed by atoms with E-state index < -0.39 is 38.4 Å². The van der Waals surface area contributed by atoms with Gasteiger partial charge in [0, 0.05) is 23.3 Å². The highest BCUT2D eigenvalue weighted by atomic mass is 35.5. The van der Waals surface area contributed by atoms with Crippen LogP contribution in [0, 0.1) is 11.6 Å². The Bertz CT molecular complexity index is 1500. The zero-order valence-corrected chi connectivity index (χ0v) is 20.8. The first-order chi connectivity index (χ1) is 17.6. The van der Waals surface area contributed by atoms with E-state index in [4.69, 9.17) is 11.6 Å². The average molecular weight is 543 g/mol. The molecule has 4 rings (SSSR count). The lowest BCUT2D eigenvalue weighted by Gasteiger charge is -2.21. The number of rotatable bonds is 8. The Hall–Kier alpha value is -3.82. The summed E-state index contributed by atoms with van der Waals surface area (Å²) in [5, 5.41) is 8.29. The number of benzene rings is 3. The van der Waals surface area contributed by atoms with E-state index in [0.717, 1.165) is 23.8 Å². The SMILES string of the molecule is O=C(O)N(Cc1ccccc1)Cc1ccc(C(c2cc(F)ccc2F)S(=O)(=O)c2ccc(Cl)cc2)nc1. The number of hydrogen-bond donors (Lipinski definition) is 1. The summed E-state index contributed by atoms with van der Waals surface area (Å²) in [5.41, 5.74) is 0.842. The molecule has 0 saturated carbocycles. The van der Waals surface area contributed by atoms with E-state index in [2.05, 4.69) is 4.98 Å². The first-order valence-corrected chi connectivity index (χ1v) is 13.0. The van der Waals surface area contributed by atoms with Crippen LogP contribution in [-0.2, 0) is 22.9 Å². The molecule has 37 heavy (non-hydrogen) atoms. The van der Waals surface area contributed by atoms with Crippen LogP contribution in [0.5, 0.6) is 0 Å². The lowest BCUT2D eigenvalue weighted by atomic mass is 10.1. The molecule has 0 saturated heterocycles. The van der Waals surface area contributed by atoms with E-state index in [-0.39, 0.29) is 23.7 Å². The van der Waals surface area contributed by atoms with Crippen LogP contribution >= 0.6 is 11.6 Å². The third kappa shape index (κ3) is 6.12. The van der Waals surface area contributed by atoms with Crippen molar-refractivity contribution in [3.8, 4) is 0 Å². The van der Waals surface area contributed by atoms with Crippen LogP contribution in [0.3, 0.4) is 0 Å². The number of pyridine rings is 1. The molecule has 190 valence electrons. The molecule has 1 unspecified atom stereocenters. The lowest BCUT2D eigenvalue weighted by molar-refractivity contribution is 0.139. The molecule has 0 fully saturated rings. The summed E-state index contributed by atoms with van der Waals surface area (Å²) in [5.74, 6) is -1.71. The van der Waals surface area contributed by atoms with E-state index >= 15 is 0 Å². The normalized spacial score (nSPS) is 12.2. The molecule has 10 heteroatoms. The Kier molecular flexibility index (Phi) is 7.85. The zero-order chi connectivity index (χ0) is 26.6. The molecule has 1 heterocycles. The number of carboxylic acid groups (broad SMARTS) is 1. The van der Waals surface area contributed by atoms with Crippen molar-refractivity contribution in [1.82, 2.24) is 9.88 Å². The molecule has 1 atom stereocenters. The van der Waals surface area contributed by atoms with Gasteiger partial charge < -0.3 is 5.11 Å². The Balaban J connectivity index is 1.70. The molecular formula is C27H21ClF2N2O4S. The molecule has 6 nitrogen and oxygen atoms in total. The van der Waals surface area contributed by atoms with Gasteiger partial charge in [-0.1, -0.05) is 48.0 Å². The van der Waals surface area contributed by atoms with Crippen LogP contribution in [0.15, 0.2) is 96.0 Å². The third-order valence-corrected chi connectivity index (χ3v) is 7.97. The van der Waals surface area contributed by atoms with Crippen LogP contribution in [-0.4, -0.2) is 29.5 Å². The topological polar surface area (TPSA) is 87.6 Å². The van der Waals surface area contributed by atoms with Crippen molar-refractivity contribution in [1.29, 1.82) is 0 Å². The number of amides is 1. The van der Waals surface area contributed by atoms with Crippen molar-refractivity contribution >= 4 is 27.5 Å². The monoisotopic (exact) mass is 542 g/mol. The number of nitrogens with zero attached hydrogens (tertiary/aromatic N) is 2. The van der Waals surface area contributed by atoms with Crippen LogP contribution in [0.2, 0.25) is 5.02 Å². The predicted molar refractivity (Wildman–Crippen MR) is 135 cm³/mol. The molecule has 1 aromatic heterocycles. The second-order valence-corrected chi connectivity index (χ2v) is 10.7. The van der Waals surface area contributed by atoms with Gasteiger partial charge in [-0.05, 0) is 59.7 Å². The first kappa shape index (κ1) is 26.2. The van der Waals surface area contributed by atoms with Crippen molar-refractivity contribution in [2.45, 2.75) is 23.2 Å². The van der Waals surface area contributed by atoms with Crippen molar-refractivity contribution in [2.24, 2.45) is 0 Å². The minimum Gasteiger partial charge on any atom is -0.465 e. The molecule has 3 aromatic carbocycles. The summed E-state index contributed by atoms with van der Waals surface area (Å²) in [6.07, 6.45) is 0.190. The molecule has 0 radical (unpaired) electrons. The fraction of sp³-hybridized carbons (Fsp3) is 0.111. The summed E-state index contributed by atoms with van der Waals surface area (Å²) in [6, 6.07) is 19.9. The van der Waals surface area contributed by atoms with E-state index in [9.17, 15) is 27.1 Å². The van der Waals surface area contributed by atoms with E-state index in [1.807, 2.05) is 6.07 Å². The number of halogens is 3. The standard InChI is InChI=1S/C27H21ClF2N2O4S/c28-20-7-10-22(11-8-20)37(35,36)26(23-14-21(29)9-12-24(23)30)25-13-6-19(15-31-25)17-32(27(33)34)16-18-4-2-1-3-5-18/h1-15,26H,16-17H2,(H,33,34). The number of aromatic nitrogens is 1. The first-order valence-electron chi connectivity index (χ1n) is 11.1. The summed E-state index contributed by atoms with van der Waals surface area (Å²) in [4.78, 5) is 17.1. The molecule has 0 aliphatic rings. The van der Waals surface area contributed by atoms with Gasteiger partial charge in [-0.3, -0.25) is 9.88 Å². The largest absolute Gasteiger partial charge is 0.465 e. The molecule has 0 bridgehead atoms. The molecule has 0 aliphatic carbocycles. The quantitative estimate of drug-likeness (QED) is 0.284. The third-order valence-electron chi connectivity index (χ3n) is 5.67. The predicted octanol–water partition coefficient (Wildman–Crippen LogP) is 6.26. The van der Waals surface area contributed by atoms with Crippen LogP contribution in [0.4, 0.5) is 13.6 Å². The minimum absolute atomic E-state index is 0.0135. The van der Waals surface area contributed by atoms with Crippen LogP contribution < -0.4 is 0 Å². The van der Waals surface area contributed by atoms with Gasteiger partial charge in [0.1, 0.15) is 16.9 Å². The molecule has 4 aromatic rings. The zero-order valence-electron chi connectivity index (χ0n) is 19.3. The van der Waals surface area contributed by atoms with Gasteiger partial charge in [-0.15, -0.1) is 0 Å². The van der Waals surface area contributed by atoms with Crippen molar-refractivity contribution in [3.05, 3.63) is 130 Å². The van der Waals surface area contributed by atoms with Gasteiger partial charge in [0.2, 0.25) is 0 Å². The summed E-state index contributed by atoms with van der Waals surface area (Å²) in [7, 11) is -4.29.